The molecule has 0 amide bonds. The Kier molecular flexibility index (Phi) is 4.54. The van der Waals surface area contributed by atoms with E-state index in [1.807, 2.05) is 0 Å². The monoisotopic (exact) mass is 296 g/mol. The number of hydrogen-bond acceptors (Lipinski definition) is 7. The van der Waals surface area contributed by atoms with Crippen LogP contribution in [0.3, 0.4) is 0 Å². The minimum absolute atomic E-state index is 0.0843. The first kappa shape index (κ1) is 14.9. The molecule has 0 aliphatic carbocycles. The number of morpholine rings is 1. The fourth-order valence-corrected chi connectivity index (χ4v) is 2.88. The molecule has 0 spiro atoms. The Bertz CT molecular complexity index is 465. The Morgan fingerprint density at radius 2 is 2.29 bits per heavy atom. The summed E-state index contributed by atoms with van der Waals surface area (Å²) in [6.45, 7) is 7.68. The molecule has 3 heterocycles. The quantitative estimate of drug-likeness (QED) is 0.885. The summed E-state index contributed by atoms with van der Waals surface area (Å²) in [5.41, 5.74) is 0. The van der Waals surface area contributed by atoms with Crippen LogP contribution in [0, 0.1) is 0 Å². The molecule has 0 bridgehead atoms. The van der Waals surface area contributed by atoms with Crippen molar-refractivity contribution >= 4 is 0 Å². The summed E-state index contributed by atoms with van der Waals surface area (Å²) < 4.78 is 16.5. The van der Waals surface area contributed by atoms with Crippen molar-refractivity contribution in [2.45, 2.75) is 44.6 Å². The summed E-state index contributed by atoms with van der Waals surface area (Å²) in [6.07, 6.45) is 0.980. The van der Waals surface area contributed by atoms with Gasteiger partial charge in [0.25, 0.3) is 0 Å². The number of nitrogens with zero attached hydrogens (tertiary/aromatic N) is 3. The molecule has 2 fully saturated rings. The maximum atomic E-state index is 5.79. The molecule has 0 aromatic carbocycles. The van der Waals surface area contributed by atoms with Crippen LogP contribution in [-0.2, 0) is 9.47 Å². The molecule has 3 rings (SSSR count). The SMILES string of the molecule is CO[C@@H]1CN[C@@H](c2nc(C3CN(C(C)C)CCO3)no2)C1. The predicted octanol–water partition coefficient (Wildman–Crippen LogP) is 0.901. The highest BCUT2D eigenvalue weighted by Gasteiger charge is 2.32. The number of ether oxygens (including phenoxy) is 2. The number of methoxy groups -OCH3 is 1. The Morgan fingerprint density at radius 1 is 1.43 bits per heavy atom. The van der Waals surface area contributed by atoms with E-state index in [-0.39, 0.29) is 18.2 Å². The van der Waals surface area contributed by atoms with Crippen molar-refractivity contribution in [1.82, 2.24) is 20.4 Å². The van der Waals surface area contributed by atoms with Crippen LogP contribution in [0.1, 0.15) is 44.1 Å². The fourth-order valence-electron chi connectivity index (χ4n) is 2.88. The summed E-state index contributed by atoms with van der Waals surface area (Å²) in [7, 11) is 1.73. The lowest BCUT2D eigenvalue weighted by atomic mass is 10.2. The van der Waals surface area contributed by atoms with E-state index in [1.165, 1.54) is 0 Å². The van der Waals surface area contributed by atoms with Gasteiger partial charge in [-0.2, -0.15) is 4.98 Å². The first-order chi connectivity index (χ1) is 10.2. The van der Waals surface area contributed by atoms with Crippen molar-refractivity contribution < 1.29 is 14.0 Å². The molecule has 2 saturated heterocycles. The minimum atomic E-state index is -0.0988. The summed E-state index contributed by atoms with van der Waals surface area (Å²) in [4.78, 5) is 6.90. The lowest BCUT2D eigenvalue weighted by molar-refractivity contribution is -0.0450. The largest absolute Gasteiger partial charge is 0.380 e. The molecule has 2 aliphatic heterocycles. The fraction of sp³-hybridized carbons (Fsp3) is 0.857. The van der Waals surface area contributed by atoms with Gasteiger partial charge in [-0.3, -0.25) is 4.90 Å². The van der Waals surface area contributed by atoms with Crippen LogP contribution in [0.2, 0.25) is 0 Å². The van der Waals surface area contributed by atoms with E-state index in [0.29, 0.717) is 24.4 Å². The number of aromatic nitrogens is 2. The highest BCUT2D eigenvalue weighted by Crippen LogP contribution is 2.26. The molecule has 1 unspecified atom stereocenters. The van der Waals surface area contributed by atoms with Gasteiger partial charge in [-0.05, 0) is 20.3 Å². The van der Waals surface area contributed by atoms with Crippen LogP contribution < -0.4 is 5.32 Å². The van der Waals surface area contributed by atoms with Crippen molar-refractivity contribution in [2.75, 3.05) is 33.4 Å². The molecule has 7 nitrogen and oxygen atoms in total. The normalized spacial score (nSPS) is 31.1. The summed E-state index contributed by atoms with van der Waals surface area (Å²) in [6, 6.07) is 0.586. The first-order valence-corrected chi connectivity index (χ1v) is 7.62. The molecule has 1 aromatic heterocycles. The average molecular weight is 296 g/mol. The van der Waals surface area contributed by atoms with Gasteiger partial charge in [0.15, 0.2) is 0 Å². The van der Waals surface area contributed by atoms with E-state index >= 15 is 0 Å². The van der Waals surface area contributed by atoms with Gasteiger partial charge in [-0.1, -0.05) is 5.16 Å². The zero-order valence-corrected chi connectivity index (χ0v) is 12.9. The van der Waals surface area contributed by atoms with Crippen LogP contribution in [0.5, 0.6) is 0 Å². The molecule has 21 heavy (non-hydrogen) atoms. The van der Waals surface area contributed by atoms with Crippen LogP contribution >= 0.6 is 0 Å². The third-order valence-electron chi connectivity index (χ3n) is 4.30. The zero-order valence-electron chi connectivity index (χ0n) is 12.9. The van der Waals surface area contributed by atoms with Crippen LogP contribution in [0.25, 0.3) is 0 Å². The van der Waals surface area contributed by atoms with Gasteiger partial charge in [-0.25, -0.2) is 0 Å². The van der Waals surface area contributed by atoms with Gasteiger partial charge < -0.3 is 19.3 Å². The lowest BCUT2D eigenvalue weighted by Gasteiger charge is -2.34. The van der Waals surface area contributed by atoms with Crippen molar-refractivity contribution in [3.05, 3.63) is 11.7 Å². The third-order valence-corrected chi connectivity index (χ3v) is 4.30. The zero-order chi connectivity index (χ0) is 14.8. The third kappa shape index (κ3) is 3.26. The molecule has 3 atom stereocenters. The second-order valence-corrected chi connectivity index (χ2v) is 5.99. The molecule has 0 radical (unpaired) electrons. The van der Waals surface area contributed by atoms with Crippen molar-refractivity contribution in [3.8, 4) is 0 Å². The molecule has 1 aromatic rings. The van der Waals surface area contributed by atoms with Gasteiger partial charge in [0.2, 0.25) is 11.7 Å². The van der Waals surface area contributed by atoms with Crippen molar-refractivity contribution in [2.24, 2.45) is 0 Å². The van der Waals surface area contributed by atoms with E-state index in [1.54, 1.807) is 7.11 Å². The average Bonchev–Trinajstić information content (AvgIpc) is 3.16. The van der Waals surface area contributed by atoms with Crippen molar-refractivity contribution in [3.63, 3.8) is 0 Å². The van der Waals surface area contributed by atoms with Gasteiger partial charge in [0, 0.05) is 32.8 Å². The smallest absolute Gasteiger partial charge is 0.243 e. The molecular formula is C14H24N4O3. The summed E-state index contributed by atoms with van der Waals surface area (Å²) in [5.74, 6) is 1.29. The molecular weight excluding hydrogens is 272 g/mol. The number of hydrogen-bond donors (Lipinski definition) is 1. The molecule has 7 heteroatoms. The lowest BCUT2D eigenvalue weighted by Crippen LogP contribution is -2.42. The van der Waals surface area contributed by atoms with Gasteiger partial charge in [0.1, 0.15) is 6.10 Å². The van der Waals surface area contributed by atoms with Crippen LogP contribution in [0.15, 0.2) is 4.52 Å². The number of rotatable bonds is 4. The first-order valence-electron chi connectivity index (χ1n) is 7.62. The Hall–Kier alpha value is -1.02. The van der Waals surface area contributed by atoms with E-state index in [4.69, 9.17) is 14.0 Å². The van der Waals surface area contributed by atoms with E-state index in [0.717, 1.165) is 26.1 Å². The van der Waals surface area contributed by atoms with E-state index in [2.05, 4.69) is 34.2 Å². The maximum Gasteiger partial charge on any atom is 0.243 e. The predicted molar refractivity (Wildman–Crippen MR) is 75.9 cm³/mol. The highest BCUT2D eigenvalue weighted by atomic mass is 16.5. The topological polar surface area (TPSA) is 72.7 Å². The Balaban J connectivity index is 1.65. The molecule has 0 saturated carbocycles. The molecule has 2 aliphatic rings. The number of nitrogens with one attached hydrogen (secondary N) is 1. The minimum Gasteiger partial charge on any atom is -0.380 e. The standard InChI is InChI=1S/C14H24N4O3/c1-9(2)18-4-5-20-12(8-18)13-16-14(21-17-13)11-6-10(19-3)7-15-11/h9-12,15H,4-8H2,1-3H3/t10-,11+,12?/m0/s1. The van der Waals surface area contributed by atoms with Crippen LogP contribution in [-0.4, -0.2) is 60.5 Å². The van der Waals surface area contributed by atoms with Gasteiger partial charge >= 0.3 is 0 Å². The molecule has 1 N–H and O–H groups in total. The van der Waals surface area contributed by atoms with Gasteiger partial charge in [0.05, 0.1) is 18.8 Å². The summed E-state index contributed by atoms with van der Waals surface area (Å²) in [5, 5.41) is 7.46. The van der Waals surface area contributed by atoms with Gasteiger partial charge in [-0.15, -0.1) is 0 Å². The summed E-state index contributed by atoms with van der Waals surface area (Å²) >= 11 is 0. The second kappa shape index (κ2) is 6.39. The Morgan fingerprint density at radius 3 is 3.00 bits per heavy atom. The Labute approximate surface area is 125 Å². The van der Waals surface area contributed by atoms with E-state index in [9.17, 15) is 0 Å². The molecule has 118 valence electrons. The van der Waals surface area contributed by atoms with Crippen LogP contribution in [0.4, 0.5) is 0 Å². The highest BCUT2D eigenvalue weighted by molar-refractivity contribution is 5.00. The van der Waals surface area contributed by atoms with E-state index < -0.39 is 0 Å². The van der Waals surface area contributed by atoms with Crippen molar-refractivity contribution in [1.29, 1.82) is 0 Å². The maximum absolute atomic E-state index is 5.79. The second-order valence-electron chi connectivity index (χ2n) is 5.99.